The average Bonchev–Trinajstić information content (AvgIpc) is 3.01. The minimum absolute atomic E-state index is 0.255. The molecule has 16 heavy (non-hydrogen) atoms. The average molecular weight is 214 g/mol. The highest BCUT2D eigenvalue weighted by Crippen LogP contribution is 2.50. The summed E-state index contributed by atoms with van der Waals surface area (Å²) in [6.07, 6.45) is 4.58. The third-order valence-electron chi connectivity index (χ3n) is 4.12. The molecular weight excluding hydrogens is 196 g/mol. The van der Waals surface area contributed by atoms with Crippen LogP contribution in [0.3, 0.4) is 0 Å². The molecule has 1 aromatic heterocycles. The van der Waals surface area contributed by atoms with E-state index in [9.17, 15) is 0 Å². The van der Waals surface area contributed by atoms with E-state index in [1.165, 1.54) is 29.3 Å². The molecule has 1 unspecified atom stereocenters. The van der Waals surface area contributed by atoms with Crippen molar-refractivity contribution in [2.45, 2.75) is 31.2 Å². The van der Waals surface area contributed by atoms with Gasteiger partial charge in [0, 0.05) is 30.2 Å². The zero-order valence-corrected chi connectivity index (χ0v) is 9.90. The summed E-state index contributed by atoms with van der Waals surface area (Å²) in [5.41, 5.74) is 9.10. The monoisotopic (exact) mass is 214 g/mol. The maximum absolute atomic E-state index is 6.12. The van der Waals surface area contributed by atoms with Crippen molar-refractivity contribution in [1.29, 1.82) is 0 Å². The van der Waals surface area contributed by atoms with Gasteiger partial charge in [0.05, 0.1) is 0 Å². The summed E-state index contributed by atoms with van der Waals surface area (Å²) < 4.78 is 2.18. The first-order valence-electron chi connectivity index (χ1n) is 5.95. The topological polar surface area (TPSA) is 30.9 Å². The normalized spacial score (nSPS) is 19.9. The van der Waals surface area contributed by atoms with Crippen LogP contribution in [0.5, 0.6) is 0 Å². The molecule has 1 fully saturated rings. The molecule has 2 heteroatoms. The smallest absolute Gasteiger partial charge is 0.0480 e. The maximum atomic E-state index is 6.12. The van der Waals surface area contributed by atoms with Gasteiger partial charge in [0.15, 0.2) is 0 Å². The maximum Gasteiger partial charge on any atom is 0.0480 e. The number of aromatic nitrogens is 1. The van der Waals surface area contributed by atoms with Crippen molar-refractivity contribution >= 4 is 10.9 Å². The second-order valence-corrected chi connectivity index (χ2v) is 5.15. The van der Waals surface area contributed by atoms with Gasteiger partial charge in [-0.2, -0.15) is 0 Å². The van der Waals surface area contributed by atoms with Crippen LogP contribution in [0.2, 0.25) is 0 Å². The van der Waals surface area contributed by atoms with Crippen molar-refractivity contribution in [3.05, 3.63) is 36.0 Å². The van der Waals surface area contributed by atoms with Gasteiger partial charge in [0.2, 0.25) is 0 Å². The van der Waals surface area contributed by atoms with E-state index >= 15 is 0 Å². The summed E-state index contributed by atoms with van der Waals surface area (Å²) in [4.78, 5) is 0. The van der Waals surface area contributed by atoms with E-state index in [0.717, 1.165) is 0 Å². The fourth-order valence-electron chi connectivity index (χ4n) is 2.71. The van der Waals surface area contributed by atoms with E-state index in [1.807, 2.05) is 0 Å². The van der Waals surface area contributed by atoms with Crippen molar-refractivity contribution in [3.8, 4) is 0 Å². The van der Waals surface area contributed by atoms with Crippen LogP contribution in [-0.4, -0.2) is 10.6 Å². The van der Waals surface area contributed by atoms with E-state index in [0.29, 0.717) is 0 Å². The first kappa shape index (κ1) is 9.91. The quantitative estimate of drug-likeness (QED) is 0.818. The van der Waals surface area contributed by atoms with Crippen molar-refractivity contribution in [1.82, 2.24) is 4.57 Å². The summed E-state index contributed by atoms with van der Waals surface area (Å²) in [5.74, 6) is 0. The van der Waals surface area contributed by atoms with Crippen LogP contribution < -0.4 is 5.73 Å². The number of fused-ring (bicyclic) bond motifs is 1. The Kier molecular flexibility index (Phi) is 1.93. The second-order valence-electron chi connectivity index (χ2n) is 5.15. The Morgan fingerprint density at radius 2 is 2.06 bits per heavy atom. The Labute approximate surface area is 96.1 Å². The highest BCUT2D eigenvalue weighted by molar-refractivity contribution is 5.81. The Balaban J connectivity index is 2.15. The molecule has 1 atom stereocenters. The summed E-state index contributed by atoms with van der Waals surface area (Å²) in [5, 5.41) is 1.31. The number of benzene rings is 1. The second kappa shape index (κ2) is 3.11. The predicted octanol–water partition coefficient (Wildman–Crippen LogP) is 2.56. The first-order chi connectivity index (χ1) is 7.63. The Hall–Kier alpha value is -1.28. The SMILES string of the molecule is CC(N)C1(c2ccc3ccn(C)c3c2)CC1. The summed E-state index contributed by atoms with van der Waals surface area (Å²) in [6, 6.07) is 9.19. The molecule has 1 aliphatic carbocycles. The van der Waals surface area contributed by atoms with Gasteiger partial charge >= 0.3 is 0 Å². The zero-order chi connectivity index (χ0) is 11.3. The van der Waals surface area contributed by atoms with Gasteiger partial charge < -0.3 is 10.3 Å². The van der Waals surface area contributed by atoms with Gasteiger partial charge in [-0.1, -0.05) is 12.1 Å². The lowest BCUT2D eigenvalue weighted by molar-refractivity contribution is 0.557. The third kappa shape index (κ3) is 1.23. The molecule has 1 saturated carbocycles. The largest absolute Gasteiger partial charge is 0.351 e. The number of aryl methyl sites for hydroxylation is 1. The van der Waals surface area contributed by atoms with Crippen molar-refractivity contribution in [2.24, 2.45) is 12.8 Å². The van der Waals surface area contributed by atoms with Crippen LogP contribution in [0, 0.1) is 0 Å². The highest BCUT2D eigenvalue weighted by Gasteiger charge is 2.47. The van der Waals surface area contributed by atoms with E-state index in [-0.39, 0.29) is 11.5 Å². The molecule has 0 aliphatic heterocycles. The fourth-order valence-corrected chi connectivity index (χ4v) is 2.71. The van der Waals surface area contributed by atoms with Crippen LogP contribution in [0.1, 0.15) is 25.3 Å². The molecule has 0 bridgehead atoms. The molecule has 2 aromatic rings. The molecule has 0 radical (unpaired) electrons. The molecule has 0 amide bonds. The van der Waals surface area contributed by atoms with Crippen molar-refractivity contribution in [3.63, 3.8) is 0 Å². The molecule has 1 aromatic carbocycles. The Morgan fingerprint density at radius 1 is 1.31 bits per heavy atom. The predicted molar refractivity (Wildman–Crippen MR) is 67.5 cm³/mol. The summed E-state index contributed by atoms with van der Waals surface area (Å²) in [7, 11) is 2.09. The van der Waals surface area contributed by atoms with Crippen LogP contribution >= 0.6 is 0 Å². The van der Waals surface area contributed by atoms with Crippen LogP contribution in [0.15, 0.2) is 30.5 Å². The number of nitrogens with zero attached hydrogens (tertiary/aromatic N) is 1. The molecule has 2 N–H and O–H groups in total. The lowest BCUT2D eigenvalue weighted by Gasteiger charge is -2.20. The standard InChI is InChI=1S/C14H18N2/c1-10(15)14(6-7-14)12-4-3-11-5-8-16(2)13(11)9-12/h3-5,8-10H,6-7,15H2,1-2H3. The number of hydrogen-bond donors (Lipinski definition) is 1. The summed E-state index contributed by atoms with van der Waals surface area (Å²) >= 11 is 0. The number of nitrogens with two attached hydrogens (primary N) is 1. The minimum Gasteiger partial charge on any atom is -0.351 e. The van der Waals surface area contributed by atoms with Gasteiger partial charge in [-0.05, 0) is 42.8 Å². The highest BCUT2D eigenvalue weighted by atomic mass is 14.9. The molecule has 2 nitrogen and oxygen atoms in total. The van der Waals surface area contributed by atoms with E-state index in [4.69, 9.17) is 5.73 Å². The Morgan fingerprint density at radius 3 is 2.69 bits per heavy atom. The minimum atomic E-state index is 0.255. The van der Waals surface area contributed by atoms with Crippen molar-refractivity contribution < 1.29 is 0 Å². The van der Waals surface area contributed by atoms with E-state index in [1.54, 1.807) is 0 Å². The molecule has 1 heterocycles. The van der Waals surface area contributed by atoms with Crippen molar-refractivity contribution in [2.75, 3.05) is 0 Å². The van der Waals surface area contributed by atoms with E-state index < -0.39 is 0 Å². The van der Waals surface area contributed by atoms with Gasteiger partial charge in [-0.3, -0.25) is 0 Å². The van der Waals surface area contributed by atoms with Crippen LogP contribution in [0.25, 0.3) is 10.9 Å². The van der Waals surface area contributed by atoms with Gasteiger partial charge in [-0.15, -0.1) is 0 Å². The molecular formula is C14H18N2. The molecule has 1 aliphatic rings. The number of rotatable bonds is 2. The zero-order valence-electron chi connectivity index (χ0n) is 9.90. The first-order valence-corrected chi connectivity index (χ1v) is 5.95. The van der Waals surface area contributed by atoms with Gasteiger partial charge in [0.1, 0.15) is 0 Å². The van der Waals surface area contributed by atoms with Crippen LogP contribution in [-0.2, 0) is 12.5 Å². The van der Waals surface area contributed by atoms with E-state index in [2.05, 4.69) is 49.0 Å². The number of hydrogen-bond acceptors (Lipinski definition) is 1. The summed E-state index contributed by atoms with van der Waals surface area (Å²) in [6.45, 7) is 2.13. The van der Waals surface area contributed by atoms with Gasteiger partial charge in [-0.25, -0.2) is 0 Å². The fraction of sp³-hybridized carbons (Fsp3) is 0.429. The molecule has 84 valence electrons. The molecule has 0 spiro atoms. The lowest BCUT2D eigenvalue weighted by atomic mass is 9.89. The lowest BCUT2D eigenvalue weighted by Crippen LogP contribution is -2.31. The Bertz CT molecular complexity index is 533. The van der Waals surface area contributed by atoms with Crippen LogP contribution in [0.4, 0.5) is 0 Å². The third-order valence-corrected chi connectivity index (χ3v) is 4.12. The molecule has 0 saturated heterocycles. The van der Waals surface area contributed by atoms with Gasteiger partial charge in [0.25, 0.3) is 0 Å². The molecule has 3 rings (SSSR count).